The molecule has 0 heterocycles. The van der Waals surface area contributed by atoms with Gasteiger partial charge in [0.15, 0.2) is 0 Å². The molecule has 0 bridgehead atoms. The van der Waals surface area contributed by atoms with E-state index in [1.165, 1.54) is 32.1 Å². The van der Waals surface area contributed by atoms with Crippen molar-refractivity contribution in [1.82, 2.24) is 0 Å². The van der Waals surface area contributed by atoms with Crippen LogP contribution >= 0.6 is 0 Å². The van der Waals surface area contributed by atoms with E-state index in [4.69, 9.17) is 0 Å². The van der Waals surface area contributed by atoms with Gasteiger partial charge in [-0.05, 0) is 19.3 Å². The Bertz CT molecular complexity index is 327. The monoisotopic (exact) mass is 322 g/mol. The fraction of sp³-hybridized carbons (Fsp3) is 1.00. The van der Waals surface area contributed by atoms with Crippen LogP contribution in [0.15, 0.2) is 0 Å². The van der Waals surface area contributed by atoms with Crippen LogP contribution in [0.2, 0.25) is 0 Å². The third-order valence-corrected chi connectivity index (χ3v) is 5.25. The molecule has 0 amide bonds. The molecule has 4 nitrogen and oxygen atoms in total. The van der Waals surface area contributed by atoms with E-state index >= 15 is 0 Å². The van der Waals surface area contributed by atoms with E-state index in [1.807, 2.05) is 6.92 Å². The highest BCUT2D eigenvalue weighted by Gasteiger charge is 2.25. The van der Waals surface area contributed by atoms with Crippen LogP contribution in [-0.4, -0.2) is 29.4 Å². The molecule has 0 aliphatic heterocycles. The van der Waals surface area contributed by atoms with E-state index in [-0.39, 0.29) is 6.42 Å². The molecule has 0 saturated carbocycles. The smallest absolute Gasteiger partial charge is 0.267 e. The highest BCUT2D eigenvalue weighted by atomic mass is 32.2. The summed E-state index contributed by atoms with van der Waals surface area (Å²) in [5.74, 6) is 0. The van der Waals surface area contributed by atoms with Gasteiger partial charge in [0.1, 0.15) is 0 Å². The van der Waals surface area contributed by atoms with Gasteiger partial charge < -0.3 is 5.11 Å². The van der Waals surface area contributed by atoms with E-state index in [0.29, 0.717) is 12.8 Å². The Kier molecular flexibility index (Phi) is 12.3. The summed E-state index contributed by atoms with van der Waals surface area (Å²) in [6.07, 6.45) is 10.5. The summed E-state index contributed by atoms with van der Waals surface area (Å²) >= 11 is 0. The van der Waals surface area contributed by atoms with Gasteiger partial charge >= 0.3 is 0 Å². The lowest BCUT2D eigenvalue weighted by Gasteiger charge is -2.17. The molecular formula is C16H34O4S. The average molecular weight is 323 g/mol. The first-order chi connectivity index (χ1) is 9.91. The van der Waals surface area contributed by atoms with Crippen molar-refractivity contribution in [2.75, 3.05) is 0 Å². The fourth-order valence-corrected chi connectivity index (χ4v) is 3.51. The minimum absolute atomic E-state index is 0.161. The zero-order valence-electron chi connectivity index (χ0n) is 13.8. The minimum atomic E-state index is -4.04. The Labute approximate surface area is 131 Å². The summed E-state index contributed by atoms with van der Waals surface area (Å²) in [5, 5.41) is 9.14. The summed E-state index contributed by atoms with van der Waals surface area (Å²) in [5.41, 5.74) is 0. The number of hydrogen-bond donors (Lipinski definition) is 2. The van der Waals surface area contributed by atoms with Gasteiger partial charge in [-0.2, -0.15) is 8.42 Å². The highest BCUT2D eigenvalue weighted by Crippen LogP contribution is 2.18. The van der Waals surface area contributed by atoms with Crippen LogP contribution in [0.5, 0.6) is 0 Å². The molecule has 2 N–H and O–H groups in total. The molecule has 21 heavy (non-hydrogen) atoms. The van der Waals surface area contributed by atoms with Gasteiger partial charge in [0, 0.05) is 0 Å². The Balaban J connectivity index is 3.85. The summed E-state index contributed by atoms with van der Waals surface area (Å²) in [7, 11) is -4.04. The molecule has 0 aliphatic carbocycles. The predicted octanol–water partition coefficient (Wildman–Crippen LogP) is 4.32. The summed E-state index contributed by atoms with van der Waals surface area (Å²) in [6.45, 7) is 4.18. The Morgan fingerprint density at radius 2 is 1.33 bits per heavy atom. The predicted molar refractivity (Wildman–Crippen MR) is 88.1 cm³/mol. The molecular weight excluding hydrogens is 288 g/mol. The van der Waals surface area contributed by atoms with Gasteiger partial charge in [-0.1, -0.05) is 71.6 Å². The van der Waals surface area contributed by atoms with Crippen molar-refractivity contribution in [2.45, 2.75) is 102 Å². The zero-order valence-corrected chi connectivity index (χ0v) is 14.6. The van der Waals surface area contributed by atoms with Crippen LogP contribution in [-0.2, 0) is 10.1 Å². The van der Waals surface area contributed by atoms with Gasteiger partial charge in [0.2, 0.25) is 0 Å². The second-order valence-corrected chi connectivity index (χ2v) is 7.78. The Morgan fingerprint density at radius 1 is 0.810 bits per heavy atom. The number of aliphatic hydroxyl groups excluding tert-OH is 1. The number of rotatable bonds is 14. The Morgan fingerprint density at radius 3 is 1.86 bits per heavy atom. The molecule has 2 unspecified atom stereocenters. The number of unbranched alkanes of at least 4 members (excludes halogenated alkanes) is 7. The maximum Gasteiger partial charge on any atom is 0.267 e. The van der Waals surface area contributed by atoms with Gasteiger partial charge in [-0.3, -0.25) is 4.55 Å². The van der Waals surface area contributed by atoms with E-state index in [1.54, 1.807) is 0 Å². The molecule has 0 aliphatic rings. The molecule has 0 aromatic heterocycles. The lowest BCUT2D eigenvalue weighted by atomic mass is 10.0. The van der Waals surface area contributed by atoms with E-state index < -0.39 is 21.5 Å². The molecule has 0 radical (unpaired) electrons. The van der Waals surface area contributed by atoms with Crippen LogP contribution in [0.1, 0.15) is 90.9 Å². The maximum absolute atomic E-state index is 11.3. The van der Waals surface area contributed by atoms with Crippen molar-refractivity contribution in [3.8, 4) is 0 Å². The van der Waals surface area contributed by atoms with Crippen molar-refractivity contribution in [3.05, 3.63) is 0 Å². The van der Waals surface area contributed by atoms with Gasteiger partial charge in [0.05, 0.1) is 11.4 Å². The molecule has 0 rings (SSSR count). The quantitative estimate of drug-likeness (QED) is 0.369. The first-order valence-electron chi connectivity index (χ1n) is 8.56. The summed E-state index contributed by atoms with van der Waals surface area (Å²) < 4.78 is 31.8. The lowest BCUT2D eigenvalue weighted by molar-refractivity contribution is 0.147. The lowest BCUT2D eigenvalue weighted by Crippen LogP contribution is -2.26. The highest BCUT2D eigenvalue weighted by molar-refractivity contribution is 7.86. The van der Waals surface area contributed by atoms with Gasteiger partial charge in [-0.25, -0.2) is 0 Å². The third-order valence-electron chi connectivity index (χ3n) is 3.98. The normalized spacial score (nSPS) is 15.0. The number of hydrogen-bond acceptors (Lipinski definition) is 3. The summed E-state index contributed by atoms with van der Waals surface area (Å²) in [6, 6.07) is 0. The van der Waals surface area contributed by atoms with Crippen LogP contribution in [0.25, 0.3) is 0 Å². The fourth-order valence-electron chi connectivity index (χ4n) is 2.58. The number of aliphatic hydroxyl groups is 1. The topological polar surface area (TPSA) is 74.6 Å². The van der Waals surface area contributed by atoms with Crippen molar-refractivity contribution in [1.29, 1.82) is 0 Å². The zero-order chi connectivity index (χ0) is 16.1. The van der Waals surface area contributed by atoms with E-state index in [0.717, 1.165) is 25.7 Å². The molecule has 0 saturated heterocycles. The van der Waals surface area contributed by atoms with Gasteiger partial charge in [-0.15, -0.1) is 0 Å². The van der Waals surface area contributed by atoms with E-state index in [9.17, 15) is 18.1 Å². The van der Waals surface area contributed by atoms with Crippen LogP contribution < -0.4 is 0 Å². The van der Waals surface area contributed by atoms with Crippen LogP contribution in [0, 0.1) is 0 Å². The second-order valence-electron chi connectivity index (χ2n) is 6.08. The Hall–Kier alpha value is -0.130. The van der Waals surface area contributed by atoms with Crippen molar-refractivity contribution in [2.24, 2.45) is 0 Å². The van der Waals surface area contributed by atoms with Crippen LogP contribution in [0.3, 0.4) is 0 Å². The summed E-state index contributed by atoms with van der Waals surface area (Å²) in [4.78, 5) is 0. The average Bonchev–Trinajstić information content (AvgIpc) is 2.41. The largest absolute Gasteiger partial charge is 0.393 e. The second kappa shape index (κ2) is 12.4. The maximum atomic E-state index is 11.3. The molecule has 0 aromatic rings. The van der Waals surface area contributed by atoms with E-state index in [2.05, 4.69) is 6.92 Å². The first kappa shape index (κ1) is 20.9. The van der Waals surface area contributed by atoms with Crippen molar-refractivity contribution < 1.29 is 18.1 Å². The van der Waals surface area contributed by atoms with Crippen molar-refractivity contribution in [3.63, 3.8) is 0 Å². The molecule has 5 heteroatoms. The molecule has 2 atom stereocenters. The molecule has 0 aromatic carbocycles. The molecule has 0 spiro atoms. The third kappa shape index (κ3) is 12.1. The first-order valence-corrected chi connectivity index (χ1v) is 10.1. The molecule has 128 valence electrons. The van der Waals surface area contributed by atoms with Gasteiger partial charge in [0.25, 0.3) is 10.1 Å². The molecule has 0 fully saturated rings. The standard InChI is InChI=1S/C16H34O4S/c1-3-5-7-8-9-10-11-12-15(17)14-16(13-6-4-2)21(18,19)20/h15-17H,3-14H2,1-2H3,(H,18,19,20). The van der Waals surface area contributed by atoms with Crippen molar-refractivity contribution >= 4 is 10.1 Å². The van der Waals surface area contributed by atoms with Crippen LogP contribution in [0.4, 0.5) is 0 Å². The minimum Gasteiger partial charge on any atom is -0.393 e. The SMILES string of the molecule is CCCCCCCCCC(O)CC(CCCC)S(=O)(=O)O.